The molecule has 1 saturated carbocycles. The van der Waals surface area contributed by atoms with Crippen LogP contribution in [0.3, 0.4) is 0 Å². The number of hydrogen-bond acceptors (Lipinski definition) is 5. The molecule has 2 aliphatic rings. The second-order valence-electron chi connectivity index (χ2n) is 5.63. The van der Waals surface area contributed by atoms with E-state index >= 15 is 0 Å². The zero-order valence-corrected chi connectivity index (χ0v) is 11.9. The summed E-state index contributed by atoms with van der Waals surface area (Å²) in [5, 5.41) is 12.7. The molecule has 2 rings (SSSR count). The number of nitrogens with zero attached hydrogens (tertiary/aromatic N) is 1. The van der Waals surface area contributed by atoms with E-state index in [2.05, 4.69) is 10.2 Å². The van der Waals surface area contributed by atoms with Gasteiger partial charge in [-0.2, -0.15) is 0 Å². The molecule has 0 radical (unpaired) electrons. The van der Waals surface area contributed by atoms with E-state index in [0.29, 0.717) is 18.3 Å². The molecule has 5 nitrogen and oxygen atoms in total. The van der Waals surface area contributed by atoms with E-state index in [4.69, 9.17) is 0 Å². The predicted molar refractivity (Wildman–Crippen MR) is 71.4 cm³/mol. The van der Waals surface area contributed by atoms with Crippen molar-refractivity contribution in [3.05, 3.63) is 0 Å². The van der Waals surface area contributed by atoms with Crippen molar-refractivity contribution < 1.29 is 13.5 Å². The molecule has 1 saturated heterocycles. The Morgan fingerprint density at radius 1 is 1.39 bits per heavy atom. The van der Waals surface area contributed by atoms with Gasteiger partial charge in [-0.15, -0.1) is 0 Å². The van der Waals surface area contributed by atoms with E-state index in [1.165, 1.54) is 0 Å². The first-order valence-corrected chi connectivity index (χ1v) is 8.57. The maximum atomic E-state index is 11.6. The van der Waals surface area contributed by atoms with Gasteiger partial charge in [-0.05, 0) is 39.3 Å². The van der Waals surface area contributed by atoms with Crippen molar-refractivity contribution in [2.24, 2.45) is 0 Å². The number of aliphatic hydroxyl groups excluding tert-OH is 1. The lowest BCUT2D eigenvalue weighted by Crippen LogP contribution is -2.46. The van der Waals surface area contributed by atoms with Crippen LogP contribution in [-0.4, -0.2) is 68.3 Å². The van der Waals surface area contributed by atoms with Gasteiger partial charge in [-0.3, -0.25) is 4.90 Å². The van der Waals surface area contributed by atoms with Crippen molar-refractivity contribution in [3.63, 3.8) is 0 Å². The third-order valence-electron chi connectivity index (χ3n) is 4.52. The molecule has 0 bridgehead atoms. The standard InChI is InChI=1S/C12H24N2O3S/c1-13-12(10-15)4-3-11(9-12)14-5-2-7-18(16,17)8-6-14/h11,13,15H,2-10H2,1H3. The monoisotopic (exact) mass is 276 g/mol. The minimum Gasteiger partial charge on any atom is -0.394 e. The molecular weight excluding hydrogens is 252 g/mol. The summed E-state index contributed by atoms with van der Waals surface area (Å²) in [7, 11) is -0.934. The molecule has 6 heteroatoms. The maximum Gasteiger partial charge on any atom is 0.151 e. The fraction of sp³-hybridized carbons (Fsp3) is 1.00. The van der Waals surface area contributed by atoms with Crippen molar-refractivity contribution in [3.8, 4) is 0 Å². The van der Waals surface area contributed by atoms with Crippen LogP contribution >= 0.6 is 0 Å². The molecule has 18 heavy (non-hydrogen) atoms. The van der Waals surface area contributed by atoms with Crippen LogP contribution in [0.1, 0.15) is 25.7 Å². The molecule has 0 aromatic heterocycles. The first-order valence-electron chi connectivity index (χ1n) is 6.74. The average molecular weight is 276 g/mol. The van der Waals surface area contributed by atoms with Gasteiger partial charge in [-0.25, -0.2) is 8.42 Å². The van der Waals surface area contributed by atoms with Crippen molar-refractivity contribution in [2.75, 3.05) is 38.2 Å². The molecular formula is C12H24N2O3S. The Bertz CT molecular complexity index is 379. The summed E-state index contributed by atoms with van der Waals surface area (Å²) in [6.45, 7) is 1.68. The van der Waals surface area contributed by atoms with Gasteiger partial charge in [0.2, 0.25) is 0 Å². The van der Waals surface area contributed by atoms with Crippen LogP contribution in [0, 0.1) is 0 Å². The lowest BCUT2D eigenvalue weighted by Gasteiger charge is -2.30. The number of sulfone groups is 1. The van der Waals surface area contributed by atoms with Gasteiger partial charge >= 0.3 is 0 Å². The smallest absolute Gasteiger partial charge is 0.151 e. The Morgan fingerprint density at radius 3 is 2.78 bits per heavy atom. The van der Waals surface area contributed by atoms with E-state index in [1.54, 1.807) is 0 Å². The maximum absolute atomic E-state index is 11.6. The third kappa shape index (κ3) is 3.04. The van der Waals surface area contributed by atoms with E-state index in [0.717, 1.165) is 32.2 Å². The molecule has 2 fully saturated rings. The lowest BCUT2D eigenvalue weighted by atomic mass is 9.99. The van der Waals surface area contributed by atoms with Crippen molar-refractivity contribution in [2.45, 2.75) is 37.3 Å². The zero-order valence-electron chi connectivity index (χ0n) is 11.1. The summed E-state index contributed by atoms with van der Waals surface area (Å²) in [6.07, 6.45) is 3.67. The van der Waals surface area contributed by atoms with Gasteiger partial charge in [0.05, 0.1) is 18.1 Å². The average Bonchev–Trinajstić information content (AvgIpc) is 2.70. The summed E-state index contributed by atoms with van der Waals surface area (Å²) >= 11 is 0. The number of rotatable bonds is 3. The predicted octanol–water partition coefficient (Wildman–Crippen LogP) is -0.390. The fourth-order valence-corrected chi connectivity index (χ4v) is 4.47. The number of nitrogens with one attached hydrogen (secondary N) is 1. The minimum atomic E-state index is -2.83. The van der Waals surface area contributed by atoms with Crippen LogP contribution in [0.4, 0.5) is 0 Å². The minimum absolute atomic E-state index is 0.157. The second kappa shape index (κ2) is 5.45. The summed E-state index contributed by atoms with van der Waals surface area (Å²) in [6, 6.07) is 0.415. The number of aliphatic hydroxyl groups is 1. The molecule has 1 aliphatic heterocycles. The normalized spacial score (nSPS) is 37.6. The van der Waals surface area contributed by atoms with Gasteiger partial charge in [0.1, 0.15) is 0 Å². The Morgan fingerprint density at radius 2 is 2.17 bits per heavy atom. The second-order valence-corrected chi connectivity index (χ2v) is 7.93. The summed E-state index contributed by atoms with van der Waals surface area (Å²) in [4.78, 5) is 2.30. The van der Waals surface area contributed by atoms with Crippen LogP contribution in [0.25, 0.3) is 0 Å². The highest BCUT2D eigenvalue weighted by molar-refractivity contribution is 7.91. The molecule has 106 valence electrons. The van der Waals surface area contributed by atoms with E-state index in [9.17, 15) is 13.5 Å². The Balaban J connectivity index is 1.97. The Kier molecular flexibility index (Phi) is 4.31. The van der Waals surface area contributed by atoms with E-state index in [-0.39, 0.29) is 17.9 Å². The zero-order chi connectivity index (χ0) is 13.2. The van der Waals surface area contributed by atoms with Crippen LogP contribution in [0.15, 0.2) is 0 Å². The summed E-state index contributed by atoms with van der Waals surface area (Å²) in [5.41, 5.74) is -0.157. The van der Waals surface area contributed by atoms with Gasteiger partial charge < -0.3 is 10.4 Å². The highest BCUT2D eigenvalue weighted by atomic mass is 32.2. The Hall–Kier alpha value is -0.170. The van der Waals surface area contributed by atoms with Crippen LogP contribution < -0.4 is 5.32 Å². The number of likely N-dealkylation sites (N-methyl/N-ethyl adjacent to an activating group) is 1. The van der Waals surface area contributed by atoms with Gasteiger partial charge in [0, 0.05) is 18.1 Å². The first kappa shape index (κ1) is 14.2. The quantitative estimate of drug-likeness (QED) is 0.735. The third-order valence-corrected chi connectivity index (χ3v) is 6.24. The highest BCUT2D eigenvalue weighted by Crippen LogP contribution is 2.33. The first-order chi connectivity index (χ1) is 8.50. The van der Waals surface area contributed by atoms with Crippen molar-refractivity contribution >= 4 is 9.84 Å². The molecule has 2 N–H and O–H groups in total. The van der Waals surface area contributed by atoms with E-state index < -0.39 is 9.84 Å². The van der Waals surface area contributed by atoms with Gasteiger partial charge in [-0.1, -0.05) is 0 Å². The molecule has 1 aliphatic carbocycles. The molecule has 0 aromatic rings. The van der Waals surface area contributed by atoms with Crippen LogP contribution in [0.2, 0.25) is 0 Å². The topological polar surface area (TPSA) is 69.6 Å². The van der Waals surface area contributed by atoms with Crippen molar-refractivity contribution in [1.82, 2.24) is 10.2 Å². The summed E-state index contributed by atoms with van der Waals surface area (Å²) in [5.74, 6) is 0.614. The van der Waals surface area contributed by atoms with E-state index in [1.807, 2.05) is 7.05 Å². The lowest BCUT2D eigenvalue weighted by molar-refractivity contribution is 0.151. The van der Waals surface area contributed by atoms with Crippen molar-refractivity contribution in [1.29, 1.82) is 0 Å². The molecule has 2 unspecified atom stereocenters. The largest absolute Gasteiger partial charge is 0.394 e. The fourth-order valence-electron chi connectivity index (χ4n) is 3.18. The SMILES string of the molecule is CNC1(CO)CCC(N2CCCS(=O)(=O)CC2)C1. The summed E-state index contributed by atoms with van der Waals surface area (Å²) < 4.78 is 23.2. The molecule has 1 heterocycles. The van der Waals surface area contributed by atoms with Gasteiger partial charge in [0.15, 0.2) is 9.84 Å². The number of hydrogen-bond donors (Lipinski definition) is 2. The van der Waals surface area contributed by atoms with Crippen LogP contribution in [0.5, 0.6) is 0 Å². The van der Waals surface area contributed by atoms with Gasteiger partial charge in [0.25, 0.3) is 0 Å². The molecule has 0 aromatic carbocycles. The highest BCUT2D eigenvalue weighted by Gasteiger charge is 2.40. The molecule has 0 amide bonds. The van der Waals surface area contributed by atoms with Crippen LogP contribution in [-0.2, 0) is 9.84 Å². The molecule has 2 atom stereocenters. The Labute approximate surface area is 109 Å². The molecule has 0 spiro atoms.